The van der Waals surface area contributed by atoms with Crippen LogP contribution in [0.25, 0.3) is 11.3 Å². The highest BCUT2D eigenvalue weighted by molar-refractivity contribution is 6.30. The number of aromatic nitrogens is 1. The lowest BCUT2D eigenvalue weighted by atomic mass is 10.0. The zero-order chi connectivity index (χ0) is 18.8. The third-order valence-corrected chi connectivity index (χ3v) is 4.68. The van der Waals surface area contributed by atoms with Crippen molar-refractivity contribution >= 4 is 17.5 Å². The summed E-state index contributed by atoms with van der Waals surface area (Å²) in [5.41, 5.74) is 8.14. The Balaban J connectivity index is 1.94. The van der Waals surface area contributed by atoms with Gasteiger partial charge in [0, 0.05) is 23.9 Å². The van der Waals surface area contributed by atoms with Crippen molar-refractivity contribution in [3.63, 3.8) is 0 Å². The Labute approximate surface area is 157 Å². The van der Waals surface area contributed by atoms with E-state index in [0.29, 0.717) is 36.2 Å². The quantitative estimate of drug-likeness (QED) is 0.861. The molecule has 0 spiro atoms. The van der Waals surface area contributed by atoms with Gasteiger partial charge in [0.25, 0.3) is 0 Å². The monoisotopic (exact) mass is 375 g/mol. The van der Waals surface area contributed by atoms with Gasteiger partial charge in [-0.2, -0.15) is 0 Å². The van der Waals surface area contributed by atoms with Gasteiger partial charge in [-0.15, -0.1) is 0 Å². The van der Waals surface area contributed by atoms with Gasteiger partial charge in [0.1, 0.15) is 6.61 Å². The third kappa shape index (κ3) is 3.76. The Morgan fingerprint density at radius 1 is 1.38 bits per heavy atom. The van der Waals surface area contributed by atoms with Gasteiger partial charge < -0.3 is 20.5 Å². The van der Waals surface area contributed by atoms with Crippen molar-refractivity contribution in [3.05, 3.63) is 41.0 Å². The topological polar surface area (TPSA) is 88.7 Å². The normalized spacial score (nSPS) is 15.2. The van der Waals surface area contributed by atoms with E-state index in [0.717, 1.165) is 11.1 Å². The first-order valence-electron chi connectivity index (χ1n) is 8.52. The summed E-state index contributed by atoms with van der Waals surface area (Å²) in [5, 5.41) is 10.9. The first-order valence-corrected chi connectivity index (χ1v) is 8.89. The number of phenolic OH excluding ortho intramolecular Hbond substituents is 1. The molecule has 1 aliphatic heterocycles. The highest BCUT2D eigenvalue weighted by Crippen LogP contribution is 2.37. The van der Waals surface area contributed by atoms with Crippen LogP contribution in [0, 0.1) is 5.92 Å². The van der Waals surface area contributed by atoms with Crippen LogP contribution in [-0.4, -0.2) is 40.1 Å². The molecule has 26 heavy (non-hydrogen) atoms. The van der Waals surface area contributed by atoms with Gasteiger partial charge in [-0.3, -0.25) is 9.78 Å². The van der Waals surface area contributed by atoms with Crippen LogP contribution in [-0.2, 0) is 11.3 Å². The van der Waals surface area contributed by atoms with Crippen LogP contribution in [0.3, 0.4) is 0 Å². The summed E-state index contributed by atoms with van der Waals surface area (Å²) in [4.78, 5) is 18.6. The number of amides is 1. The molecule has 0 unspecified atom stereocenters. The molecule has 0 bridgehead atoms. The molecule has 0 aliphatic carbocycles. The molecule has 1 aromatic carbocycles. The molecule has 3 rings (SSSR count). The summed E-state index contributed by atoms with van der Waals surface area (Å²) in [6, 6.07) is 6.43. The summed E-state index contributed by atoms with van der Waals surface area (Å²) in [5.74, 6) is 0.350. The number of aromatic hydroxyl groups is 1. The number of carbonyl (C=O) groups is 1. The molecule has 7 heteroatoms. The van der Waals surface area contributed by atoms with Crippen molar-refractivity contribution in [1.29, 1.82) is 0 Å². The van der Waals surface area contributed by atoms with Gasteiger partial charge in [-0.05, 0) is 30.2 Å². The Bertz CT molecular complexity index is 808. The fourth-order valence-corrected chi connectivity index (χ4v) is 2.99. The van der Waals surface area contributed by atoms with Crippen molar-refractivity contribution in [2.45, 2.75) is 26.4 Å². The van der Waals surface area contributed by atoms with E-state index in [-0.39, 0.29) is 17.6 Å². The largest absolute Gasteiger partial charge is 0.504 e. The summed E-state index contributed by atoms with van der Waals surface area (Å²) in [6.45, 7) is 4.88. The van der Waals surface area contributed by atoms with E-state index in [9.17, 15) is 9.90 Å². The SMILES string of the molecule is CC(C)[C@@H](N)C(=O)N1CCOc2c(O)cc(-c3ccc(Cl)cn3)cc2C1. The molecule has 1 atom stereocenters. The number of carbonyl (C=O) groups excluding carboxylic acids is 1. The number of phenols is 1. The summed E-state index contributed by atoms with van der Waals surface area (Å²) < 4.78 is 5.68. The molecule has 2 heterocycles. The molecule has 1 aliphatic rings. The van der Waals surface area contributed by atoms with Crippen molar-refractivity contribution in [3.8, 4) is 22.8 Å². The molecule has 138 valence electrons. The number of hydrogen-bond acceptors (Lipinski definition) is 5. The standard InChI is InChI=1S/C19H22ClN3O3/c1-11(2)17(21)19(25)23-5-6-26-18-13(10-23)7-12(8-16(18)24)15-4-3-14(20)9-22-15/h3-4,7-9,11,17,24H,5-6,10,21H2,1-2H3/t17-/m1/s1. The zero-order valence-corrected chi connectivity index (χ0v) is 15.5. The number of rotatable bonds is 3. The Morgan fingerprint density at radius 2 is 2.15 bits per heavy atom. The van der Waals surface area contributed by atoms with Crippen LogP contribution in [0.4, 0.5) is 0 Å². The van der Waals surface area contributed by atoms with Crippen LogP contribution in [0.2, 0.25) is 5.02 Å². The molecule has 1 amide bonds. The number of hydrogen-bond donors (Lipinski definition) is 2. The van der Waals surface area contributed by atoms with Crippen LogP contribution in [0.5, 0.6) is 11.5 Å². The average molecular weight is 376 g/mol. The molecular weight excluding hydrogens is 354 g/mol. The average Bonchev–Trinajstić information content (AvgIpc) is 2.83. The fourth-order valence-electron chi connectivity index (χ4n) is 2.88. The van der Waals surface area contributed by atoms with Gasteiger partial charge in [-0.1, -0.05) is 25.4 Å². The first-order chi connectivity index (χ1) is 12.4. The van der Waals surface area contributed by atoms with Crippen LogP contribution < -0.4 is 10.5 Å². The molecule has 0 radical (unpaired) electrons. The smallest absolute Gasteiger partial charge is 0.240 e. The number of pyridine rings is 1. The number of halogens is 1. The van der Waals surface area contributed by atoms with Gasteiger partial charge in [-0.25, -0.2) is 0 Å². The van der Waals surface area contributed by atoms with Gasteiger partial charge >= 0.3 is 0 Å². The van der Waals surface area contributed by atoms with Crippen molar-refractivity contribution in [2.75, 3.05) is 13.2 Å². The van der Waals surface area contributed by atoms with E-state index in [1.165, 1.54) is 0 Å². The molecule has 0 saturated heterocycles. The van der Waals surface area contributed by atoms with Crippen LogP contribution in [0.15, 0.2) is 30.5 Å². The molecule has 6 nitrogen and oxygen atoms in total. The lowest BCUT2D eigenvalue weighted by Crippen LogP contribution is -2.46. The summed E-state index contributed by atoms with van der Waals surface area (Å²) in [7, 11) is 0. The summed E-state index contributed by atoms with van der Waals surface area (Å²) in [6.07, 6.45) is 1.55. The minimum absolute atomic E-state index is 0.0247. The number of fused-ring (bicyclic) bond motifs is 1. The van der Waals surface area contributed by atoms with E-state index in [1.807, 2.05) is 19.9 Å². The first kappa shape index (κ1) is 18.5. The number of nitrogens with two attached hydrogens (primary N) is 1. The van der Waals surface area contributed by atoms with Gasteiger partial charge in [0.2, 0.25) is 5.91 Å². The van der Waals surface area contributed by atoms with Crippen molar-refractivity contribution < 1.29 is 14.6 Å². The third-order valence-electron chi connectivity index (χ3n) is 4.45. The highest BCUT2D eigenvalue weighted by Gasteiger charge is 2.27. The lowest BCUT2D eigenvalue weighted by molar-refractivity contribution is -0.134. The van der Waals surface area contributed by atoms with E-state index in [2.05, 4.69) is 4.98 Å². The van der Waals surface area contributed by atoms with E-state index in [4.69, 9.17) is 22.1 Å². The maximum atomic E-state index is 12.6. The second kappa shape index (κ2) is 7.51. The molecule has 3 N–H and O–H groups in total. The van der Waals surface area contributed by atoms with Crippen LogP contribution >= 0.6 is 11.6 Å². The Kier molecular flexibility index (Phi) is 5.34. The minimum Gasteiger partial charge on any atom is -0.504 e. The fraction of sp³-hybridized carbons (Fsp3) is 0.368. The molecule has 0 saturated carbocycles. The van der Waals surface area contributed by atoms with E-state index in [1.54, 1.807) is 29.3 Å². The van der Waals surface area contributed by atoms with Crippen molar-refractivity contribution in [2.24, 2.45) is 11.7 Å². The van der Waals surface area contributed by atoms with E-state index < -0.39 is 6.04 Å². The molecule has 2 aromatic rings. The second-order valence-corrected chi connectivity index (χ2v) is 7.16. The zero-order valence-electron chi connectivity index (χ0n) is 14.8. The number of nitrogens with zero attached hydrogens (tertiary/aromatic N) is 2. The predicted molar refractivity (Wildman–Crippen MR) is 100 cm³/mol. The molecular formula is C19H22ClN3O3. The van der Waals surface area contributed by atoms with Crippen LogP contribution in [0.1, 0.15) is 19.4 Å². The van der Waals surface area contributed by atoms with E-state index >= 15 is 0 Å². The highest BCUT2D eigenvalue weighted by atomic mass is 35.5. The predicted octanol–water partition coefficient (Wildman–Crippen LogP) is 2.81. The number of benzene rings is 1. The van der Waals surface area contributed by atoms with Gasteiger partial charge in [0.15, 0.2) is 11.5 Å². The minimum atomic E-state index is -0.564. The maximum absolute atomic E-state index is 12.6. The lowest BCUT2D eigenvalue weighted by Gasteiger charge is -2.25. The maximum Gasteiger partial charge on any atom is 0.240 e. The molecule has 1 aromatic heterocycles. The Hall–Kier alpha value is -2.31. The van der Waals surface area contributed by atoms with Crippen molar-refractivity contribution in [1.82, 2.24) is 9.88 Å². The van der Waals surface area contributed by atoms with Gasteiger partial charge in [0.05, 0.1) is 23.3 Å². The molecule has 0 fully saturated rings. The number of ether oxygens (including phenoxy) is 1. The summed E-state index contributed by atoms with van der Waals surface area (Å²) >= 11 is 5.89. The second-order valence-electron chi connectivity index (χ2n) is 6.72. The Morgan fingerprint density at radius 3 is 2.81 bits per heavy atom.